The molecule has 0 spiro atoms. The minimum absolute atomic E-state index is 0.0361. The molecule has 7 heteroatoms. The van der Waals surface area contributed by atoms with Gasteiger partial charge in [0.15, 0.2) is 18.0 Å². The van der Waals surface area contributed by atoms with Crippen molar-refractivity contribution in [3.8, 4) is 0 Å². The van der Waals surface area contributed by atoms with E-state index in [0.29, 0.717) is 22.0 Å². The summed E-state index contributed by atoms with van der Waals surface area (Å²) in [7, 11) is 0. The Balaban J connectivity index is 2.82. The molecular formula is C7H4Cl2FN3S. The first-order chi connectivity index (χ1) is 6.63. The number of hydrogen-bond donors (Lipinski definition) is 0. The van der Waals surface area contributed by atoms with Gasteiger partial charge in [0.25, 0.3) is 0 Å². The van der Waals surface area contributed by atoms with E-state index < -0.39 is 0 Å². The van der Waals surface area contributed by atoms with Crippen molar-refractivity contribution in [2.45, 2.75) is 6.92 Å². The smallest absolute Gasteiger partial charge is 0.174 e. The van der Waals surface area contributed by atoms with E-state index in [1.165, 1.54) is 3.97 Å². The van der Waals surface area contributed by atoms with Crippen LogP contribution in [0.5, 0.6) is 0 Å². The number of imidazole rings is 1. The molecule has 0 aliphatic rings. The molecule has 74 valence electrons. The highest BCUT2D eigenvalue weighted by Crippen LogP contribution is 2.27. The molecule has 2 aromatic rings. The second-order valence-electron chi connectivity index (χ2n) is 2.63. The summed E-state index contributed by atoms with van der Waals surface area (Å²) in [6.45, 7) is 1.68. The summed E-state index contributed by atoms with van der Waals surface area (Å²) in [5.74, 6) is 0.512. The monoisotopic (exact) mass is 251 g/mol. The average molecular weight is 252 g/mol. The molecule has 0 aromatic carbocycles. The number of aryl methyl sites for hydroxylation is 1. The van der Waals surface area contributed by atoms with Gasteiger partial charge in [-0.05, 0) is 13.0 Å². The lowest BCUT2D eigenvalue weighted by molar-refractivity contribution is 0.908. The minimum atomic E-state index is 0.0361. The lowest BCUT2D eigenvalue weighted by atomic mass is 10.4. The van der Waals surface area contributed by atoms with E-state index in [1.807, 2.05) is 0 Å². The van der Waals surface area contributed by atoms with Gasteiger partial charge in [0.1, 0.15) is 16.5 Å². The van der Waals surface area contributed by atoms with Crippen molar-refractivity contribution in [3.63, 3.8) is 0 Å². The van der Waals surface area contributed by atoms with Crippen LogP contribution in [0.3, 0.4) is 0 Å². The van der Waals surface area contributed by atoms with Crippen molar-refractivity contribution in [2.24, 2.45) is 0 Å². The molecule has 2 rings (SSSR count). The van der Waals surface area contributed by atoms with Crippen LogP contribution in [-0.4, -0.2) is 13.9 Å². The van der Waals surface area contributed by atoms with E-state index in [2.05, 4.69) is 9.97 Å². The van der Waals surface area contributed by atoms with Gasteiger partial charge in [-0.2, -0.15) is 0 Å². The molecule has 2 heterocycles. The standard InChI is InChI=1S/C7H4Cl2FN3S/c1-3-11-5-2-4(8)6(9)12-7(5)13(3)14-10/h2H,1H3. The second-order valence-corrected chi connectivity index (χ2v) is 3.89. The van der Waals surface area contributed by atoms with Gasteiger partial charge >= 0.3 is 0 Å². The molecule has 0 bridgehead atoms. The Morgan fingerprint density at radius 3 is 2.79 bits per heavy atom. The maximum absolute atomic E-state index is 12.5. The van der Waals surface area contributed by atoms with Gasteiger partial charge in [-0.1, -0.05) is 23.2 Å². The highest BCUT2D eigenvalue weighted by atomic mass is 35.5. The fraction of sp³-hybridized carbons (Fsp3) is 0.143. The molecular weight excluding hydrogens is 248 g/mol. The van der Waals surface area contributed by atoms with Gasteiger partial charge in [-0.25, -0.2) is 13.9 Å². The largest absolute Gasteiger partial charge is 0.231 e. The van der Waals surface area contributed by atoms with E-state index in [4.69, 9.17) is 23.2 Å². The first-order valence-electron chi connectivity index (χ1n) is 3.63. The molecule has 3 nitrogen and oxygen atoms in total. The van der Waals surface area contributed by atoms with Gasteiger partial charge in [0, 0.05) is 0 Å². The Labute approximate surface area is 93.7 Å². The Kier molecular flexibility index (Phi) is 2.55. The molecule has 0 saturated heterocycles. The Bertz CT molecular complexity index is 499. The van der Waals surface area contributed by atoms with E-state index >= 15 is 0 Å². The van der Waals surface area contributed by atoms with Crippen LogP contribution in [0.15, 0.2) is 6.07 Å². The maximum atomic E-state index is 12.5. The Morgan fingerprint density at radius 1 is 1.43 bits per heavy atom. The third kappa shape index (κ3) is 1.45. The van der Waals surface area contributed by atoms with Crippen molar-refractivity contribution >= 4 is 46.7 Å². The average Bonchev–Trinajstić information content (AvgIpc) is 2.42. The summed E-state index contributed by atoms with van der Waals surface area (Å²) < 4.78 is 13.8. The van der Waals surface area contributed by atoms with E-state index in [-0.39, 0.29) is 17.5 Å². The predicted octanol–water partition coefficient (Wildman–Crippen LogP) is 3.43. The Morgan fingerprint density at radius 2 is 2.14 bits per heavy atom. The van der Waals surface area contributed by atoms with E-state index in [1.54, 1.807) is 13.0 Å². The van der Waals surface area contributed by atoms with Crippen molar-refractivity contribution in [1.82, 2.24) is 13.9 Å². The summed E-state index contributed by atoms with van der Waals surface area (Å²) in [6, 6.07) is 1.56. The lowest BCUT2D eigenvalue weighted by Crippen LogP contribution is -1.89. The maximum Gasteiger partial charge on any atom is 0.174 e. The number of fused-ring (bicyclic) bond motifs is 1. The van der Waals surface area contributed by atoms with Crippen LogP contribution in [0.1, 0.15) is 5.82 Å². The molecule has 14 heavy (non-hydrogen) atoms. The van der Waals surface area contributed by atoms with Crippen molar-refractivity contribution in [1.29, 1.82) is 0 Å². The minimum Gasteiger partial charge on any atom is -0.231 e. The van der Waals surface area contributed by atoms with Crippen LogP contribution in [0.2, 0.25) is 10.2 Å². The van der Waals surface area contributed by atoms with Gasteiger partial charge < -0.3 is 0 Å². The number of halogens is 3. The zero-order valence-corrected chi connectivity index (χ0v) is 9.29. The molecule has 0 aliphatic heterocycles. The van der Waals surface area contributed by atoms with Crippen molar-refractivity contribution < 1.29 is 3.89 Å². The fourth-order valence-corrected chi connectivity index (χ4v) is 1.76. The number of hydrogen-bond acceptors (Lipinski definition) is 3. The summed E-state index contributed by atoms with van der Waals surface area (Å²) in [5, 5.41) is 0.460. The Hall–Kier alpha value is -0.520. The van der Waals surface area contributed by atoms with Crippen LogP contribution < -0.4 is 0 Å². The number of nitrogens with zero attached hydrogens (tertiary/aromatic N) is 3. The van der Waals surface area contributed by atoms with Crippen molar-refractivity contribution in [2.75, 3.05) is 0 Å². The highest BCUT2D eigenvalue weighted by molar-refractivity contribution is 7.92. The summed E-state index contributed by atoms with van der Waals surface area (Å²) in [6.07, 6.45) is 0. The van der Waals surface area contributed by atoms with Crippen LogP contribution >= 0.6 is 35.5 Å². The molecule has 0 radical (unpaired) electrons. The van der Waals surface area contributed by atoms with E-state index in [9.17, 15) is 3.89 Å². The topological polar surface area (TPSA) is 30.7 Å². The van der Waals surface area contributed by atoms with Gasteiger partial charge in [-0.3, -0.25) is 0 Å². The van der Waals surface area contributed by atoms with Crippen LogP contribution in [-0.2, 0) is 0 Å². The second kappa shape index (κ2) is 3.56. The van der Waals surface area contributed by atoms with Gasteiger partial charge in [0.2, 0.25) is 0 Å². The summed E-state index contributed by atoms with van der Waals surface area (Å²) in [4.78, 5) is 8.02. The summed E-state index contributed by atoms with van der Waals surface area (Å²) >= 11 is 11.5. The number of aromatic nitrogens is 3. The third-order valence-electron chi connectivity index (χ3n) is 1.73. The zero-order valence-electron chi connectivity index (χ0n) is 6.96. The molecule has 0 N–H and O–H groups in total. The SMILES string of the molecule is Cc1nc2cc(Cl)c(Cl)nc2n1SF. The molecule has 0 atom stereocenters. The van der Waals surface area contributed by atoms with Crippen LogP contribution in [0, 0.1) is 6.92 Å². The first kappa shape index (κ1) is 10.0. The highest BCUT2D eigenvalue weighted by Gasteiger charge is 2.12. The third-order valence-corrected chi connectivity index (χ3v) is 2.98. The fourth-order valence-electron chi connectivity index (χ4n) is 1.14. The van der Waals surface area contributed by atoms with Crippen LogP contribution in [0.4, 0.5) is 3.89 Å². The summed E-state index contributed by atoms with van der Waals surface area (Å²) in [5.41, 5.74) is 0.909. The first-order valence-corrected chi connectivity index (χ1v) is 5.06. The predicted molar refractivity (Wildman–Crippen MR) is 56.4 cm³/mol. The van der Waals surface area contributed by atoms with Gasteiger partial charge in [0.05, 0.1) is 5.02 Å². The lowest BCUT2D eigenvalue weighted by Gasteiger charge is -1.97. The van der Waals surface area contributed by atoms with Crippen molar-refractivity contribution in [3.05, 3.63) is 22.1 Å². The zero-order chi connectivity index (χ0) is 10.3. The molecule has 0 aliphatic carbocycles. The molecule has 0 unspecified atom stereocenters. The number of rotatable bonds is 1. The normalized spacial score (nSPS) is 11.1. The van der Waals surface area contributed by atoms with Crippen LogP contribution in [0.25, 0.3) is 11.2 Å². The van der Waals surface area contributed by atoms with E-state index in [0.717, 1.165) is 0 Å². The number of pyridine rings is 1. The van der Waals surface area contributed by atoms with Gasteiger partial charge in [-0.15, -0.1) is 3.89 Å². The molecule has 0 fully saturated rings. The molecule has 0 amide bonds. The molecule has 2 aromatic heterocycles. The molecule has 0 saturated carbocycles. The quantitative estimate of drug-likeness (QED) is 0.728.